The Kier molecular flexibility index (Phi) is 23.7. The van der Waals surface area contributed by atoms with Crippen molar-refractivity contribution < 1.29 is 35.5 Å². The number of sulfonamides is 2. The number of aliphatic hydroxyl groups excluding tert-OH is 1. The van der Waals surface area contributed by atoms with Crippen molar-refractivity contribution in [2.75, 3.05) is 6.61 Å². The fourth-order valence-corrected chi connectivity index (χ4v) is 14.7. The maximum Gasteiger partial charge on any atom is 0.270 e. The molecule has 3 heterocycles. The van der Waals surface area contributed by atoms with Crippen LogP contribution in [0.3, 0.4) is 0 Å². The highest BCUT2D eigenvalue weighted by Crippen LogP contribution is 2.37. The normalized spacial score (nSPS) is 17.2. The lowest BCUT2D eigenvalue weighted by atomic mass is 9.91. The van der Waals surface area contributed by atoms with E-state index in [-0.39, 0.29) is 48.1 Å². The number of rotatable bonds is 19. The Labute approximate surface area is 554 Å². The Morgan fingerprint density at radius 1 is 0.574 bits per heavy atom. The first-order valence-corrected chi connectivity index (χ1v) is 35.6. The molecule has 490 valence electrons. The fraction of sp³-hybridized carbons (Fsp3) is 0.297. The quantitative estimate of drug-likeness (QED) is 0.0382. The van der Waals surface area contributed by atoms with Crippen molar-refractivity contribution in [3.8, 4) is 0 Å². The number of aliphatic hydroxyl groups is 1. The van der Waals surface area contributed by atoms with E-state index in [1.165, 1.54) is 22.9 Å². The summed E-state index contributed by atoms with van der Waals surface area (Å²) in [5, 5.41) is 38.3. The average Bonchev–Trinajstić information content (AvgIpc) is 1.68. The highest BCUT2D eigenvalue weighted by molar-refractivity contribution is 7.92. The molecule has 94 heavy (non-hydrogen) atoms. The molecule has 12 rings (SSSR count). The first kappa shape index (κ1) is 68.4. The lowest BCUT2D eigenvalue weighted by Crippen LogP contribution is -2.31. The monoisotopic (exact) mass is 1330 g/mol. The summed E-state index contributed by atoms with van der Waals surface area (Å²) in [6, 6.07) is 48.3. The van der Waals surface area contributed by atoms with E-state index in [2.05, 4.69) is 51.4 Å². The summed E-state index contributed by atoms with van der Waals surface area (Å²) in [7, 11) is -7.27. The minimum Gasteiger partial charge on any atom is -0.394 e. The third kappa shape index (κ3) is 18.9. The molecule has 0 radical (unpaired) electrons. The number of nitrogens with zero attached hydrogens (tertiary/aromatic N) is 3. The number of allylic oxidation sites excluding steroid dienone is 1. The molecule has 7 N–H and O–H groups in total. The van der Waals surface area contributed by atoms with Crippen LogP contribution in [0.1, 0.15) is 191 Å². The number of fused-ring (bicyclic) bond motifs is 3. The molecule has 0 saturated carbocycles. The summed E-state index contributed by atoms with van der Waals surface area (Å²) in [6.45, 7) is 3.46. The molecule has 5 atom stereocenters. The highest BCUT2D eigenvalue weighted by Gasteiger charge is 2.28. The van der Waals surface area contributed by atoms with E-state index in [4.69, 9.17) is 11.6 Å². The van der Waals surface area contributed by atoms with E-state index >= 15 is 0 Å². The zero-order valence-corrected chi connectivity index (χ0v) is 55.1. The summed E-state index contributed by atoms with van der Waals surface area (Å²) < 4.78 is 83.1. The van der Waals surface area contributed by atoms with Crippen LogP contribution in [-0.2, 0) is 52.2 Å². The molecule has 0 bridgehead atoms. The molecule has 0 fully saturated rings. The number of hydrogen-bond acceptors (Lipinski definition) is 9. The van der Waals surface area contributed by atoms with Gasteiger partial charge < -0.3 is 10.4 Å². The molecule has 0 aliphatic heterocycles. The largest absolute Gasteiger partial charge is 0.394 e. The number of carbonyl (C=O) groups is 1. The molecule has 6 aromatic carbocycles. The first-order chi connectivity index (χ1) is 45.5. The zero-order chi connectivity index (χ0) is 66.0. The molecule has 20 heteroatoms. The van der Waals surface area contributed by atoms with Crippen LogP contribution in [0.15, 0.2) is 175 Å². The number of hydrogen-bond donors (Lipinski definition) is 7. The maximum absolute atomic E-state index is 13.6. The number of amides is 1. The van der Waals surface area contributed by atoms with E-state index in [1.54, 1.807) is 36.4 Å². The second-order valence-electron chi connectivity index (χ2n) is 24.2. The standard InChI is InChI=1S/2C25H28FN3O2S.C24H24ClN3O2/c2*1-18(20-9-3-2-4-10-20)29-32(30,31)15-14-24-23-13-6-5-11-21(25(23)28-27-24)16-19-8-7-12-22(26)17-19;25-19-12-10-16(11-13-19)14-18-8-4-5-9-20-22(18)27-28-23(20)24(30)26-21(15-29)17-6-2-1-3-7-17/h2*2-4,7-10,12,14-15,17-18,21,29H,5-6,11,13,16H2,1H3,(H,27,28);1-3,6-7,10-14,21,29H,4-5,8-9,15H2,(H,26,30)(H,27,28)/b2*15-14+;18-14+/t18-,21+;18-,21-;21-/m000/s1. The van der Waals surface area contributed by atoms with Crippen LogP contribution in [0.2, 0.25) is 5.02 Å². The number of carbonyl (C=O) groups excluding carboxylic acids is 1. The van der Waals surface area contributed by atoms with E-state index in [9.17, 15) is 35.5 Å². The van der Waals surface area contributed by atoms with Crippen LogP contribution in [0.5, 0.6) is 0 Å². The van der Waals surface area contributed by atoms with E-state index in [0.29, 0.717) is 22.1 Å². The number of aromatic nitrogens is 6. The lowest BCUT2D eigenvalue weighted by Gasteiger charge is -2.16. The summed E-state index contributed by atoms with van der Waals surface area (Å²) in [4.78, 5) is 13.0. The van der Waals surface area contributed by atoms with Gasteiger partial charge in [-0.2, -0.15) is 15.3 Å². The van der Waals surface area contributed by atoms with Gasteiger partial charge in [-0.1, -0.05) is 152 Å². The summed E-state index contributed by atoms with van der Waals surface area (Å²) in [5.41, 5.74) is 14.5. The van der Waals surface area contributed by atoms with Crippen LogP contribution in [-0.4, -0.2) is 65.0 Å². The molecule has 0 saturated heterocycles. The predicted octanol–water partition coefficient (Wildman–Crippen LogP) is 15.3. The highest BCUT2D eigenvalue weighted by atomic mass is 35.5. The molecule has 0 unspecified atom stereocenters. The lowest BCUT2D eigenvalue weighted by molar-refractivity contribution is 0.0910. The molecular weight excluding hydrogens is 1250 g/mol. The van der Waals surface area contributed by atoms with Gasteiger partial charge in [0.25, 0.3) is 5.91 Å². The minimum atomic E-state index is -3.63. The van der Waals surface area contributed by atoms with Crippen LogP contribution < -0.4 is 14.8 Å². The number of nitrogens with one attached hydrogen (secondary N) is 6. The Bertz CT molecular complexity index is 4100. The van der Waals surface area contributed by atoms with Gasteiger partial charge in [-0.05, 0) is 184 Å². The van der Waals surface area contributed by atoms with Gasteiger partial charge in [-0.3, -0.25) is 20.1 Å². The molecular formula is C74H80ClF2N9O6S2. The van der Waals surface area contributed by atoms with Gasteiger partial charge in [0.15, 0.2) is 0 Å². The van der Waals surface area contributed by atoms with E-state index in [1.807, 2.05) is 141 Å². The van der Waals surface area contributed by atoms with Gasteiger partial charge >= 0.3 is 0 Å². The summed E-state index contributed by atoms with van der Waals surface area (Å²) >= 11 is 6.00. The van der Waals surface area contributed by atoms with Crippen LogP contribution in [0.4, 0.5) is 8.78 Å². The summed E-state index contributed by atoms with van der Waals surface area (Å²) in [6.07, 6.45) is 18.3. The Morgan fingerprint density at radius 2 is 1.03 bits per heavy atom. The number of H-pyrrole nitrogens is 3. The number of benzene rings is 6. The van der Waals surface area contributed by atoms with Crippen molar-refractivity contribution in [1.82, 2.24) is 45.4 Å². The first-order valence-electron chi connectivity index (χ1n) is 32.1. The second-order valence-corrected chi connectivity index (χ2v) is 27.9. The van der Waals surface area contributed by atoms with Gasteiger partial charge in [0, 0.05) is 67.8 Å². The molecule has 0 spiro atoms. The van der Waals surface area contributed by atoms with Crippen molar-refractivity contribution in [3.05, 3.63) is 275 Å². The van der Waals surface area contributed by atoms with Gasteiger partial charge in [-0.25, -0.2) is 35.1 Å². The van der Waals surface area contributed by atoms with Gasteiger partial charge in [0.05, 0.1) is 29.7 Å². The molecule has 3 aliphatic carbocycles. The third-order valence-corrected chi connectivity index (χ3v) is 20.0. The third-order valence-electron chi connectivity index (χ3n) is 17.4. The van der Waals surface area contributed by atoms with Crippen molar-refractivity contribution >= 4 is 61.4 Å². The zero-order valence-electron chi connectivity index (χ0n) is 52.7. The van der Waals surface area contributed by atoms with Crippen LogP contribution >= 0.6 is 11.6 Å². The fourth-order valence-electron chi connectivity index (χ4n) is 12.6. The second kappa shape index (κ2) is 32.6. The molecule has 9 aromatic rings. The molecule has 3 aromatic heterocycles. The van der Waals surface area contributed by atoms with Gasteiger partial charge in [0.1, 0.15) is 17.3 Å². The minimum absolute atomic E-state index is 0.173. The van der Waals surface area contributed by atoms with E-state index < -0.39 is 26.1 Å². The van der Waals surface area contributed by atoms with Crippen LogP contribution in [0.25, 0.3) is 23.8 Å². The number of aromatic amines is 3. The van der Waals surface area contributed by atoms with Gasteiger partial charge in [-0.15, -0.1) is 0 Å². The summed E-state index contributed by atoms with van der Waals surface area (Å²) in [5.74, 6) is -0.299. The van der Waals surface area contributed by atoms with Crippen molar-refractivity contribution in [3.63, 3.8) is 0 Å². The topological polar surface area (TPSA) is 228 Å². The molecule has 3 aliphatic rings. The number of halogens is 3. The van der Waals surface area contributed by atoms with Crippen LogP contribution in [0, 0.1) is 11.6 Å². The Morgan fingerprint density at radius 3 is 1.51 bits per heavy atom. The predicted molar refractivity (Wildman–Crippen MR) is 369 cm³/mol. The molecule has 15 nitrogen and oxygen atoms in total. The van der Waals surface area contributed by atoms with Crippen molar-refractivity contribution in [2.24, 2.45) is 0 Å². The maximum atomic E-state index is 13.6. The van der Waals surface area contributed by atoms with E-state index in [0.717, 1.165) is 163 Å². The Balaban J connectivity index is 0.000000154. The smallest absolute Gasteiger partial charge is 0.270 e. The van der Waals surface area contributed by atoms with Gasteiger partial charge in [0.2, 0.25) is 20.0 Å². The average molecular weight is 1330 g/mol. The SMILES string of the molecule is C[C@H](NS(=O)(=O)/C=C/c1n[nH]c2c1CCCC[C@@H]2Cc1cccc(F)c1)c1ccccc1.C[C@H](NS(=O)(=O)/C=C/c1n[nH]c2c1CCCC[C@H]2Cc1cccc(F)c1)c1ccccc1.O=C(N[C@@H](CO)c1ccccc1)c1[nH]nc2c1CCCC/C2=C\c1ccc(Cl)cc1. The molecule has 1 amide bonds. The van der Waals surface area contributed by atoms with Crippen molar-refractivity contribution in [2.45, 2.75) is 134 Å². The van der Waals surface area contributed by atoms with Crippen molar-refractivity contribution in [1.29, 1.82) is 0 Å². The Hall–Kier alpha value is -8.43.